The molecule has 3 fully saturated rings. The number of hydrogen-bond acceptors (Lipinski definition) is 26. The van der Waals surface area contributed by atoms with Gasteiger partial charge in [-0.25, -0.2) is 14.4 Å². The van der Waals surface area contributed by atoms with E-state index in [9.17, 15) is 38.4 Å². The van der Waals surface area contributed by atoms with Crippen molar-refractivity contribution in [3.05, 3.63) is 243 Å². The number of hydrogen-bond donors (Lipinski definition) is 8. The third kappa shape index (κ3) is 71.6. The number of pyridine rings is 6. The van der Waals surface area contributed by atoms with E-state index in [0.717, 1.165) is 113 Å². The summed E-state index contributed by atoms with van der Waals surface area (Å²) in [5.41, 5.74) is 10.3. The van der Waals surface area contributed by atoms with E-state index < -0.39 is 29.1 Å². The zero-order valence-corrected chi connectivity index (χ0v) is 96.6. The van der Waals surface area contributed by atoms with E-state index >= 15 is 0 Å². The second-order valence-corrected chi connectivity index (χ2v) is 71.9. The number of nitrogens with one attached hydrogen (secondary N) is 2. The Hall–Kier alpha value is -4.46. The van der Waals surface area contributed by atoms with Crippen LogP contribution in [0, 0.1) is 24.7 Å². The number of imide groups is 2. The molecule has 13 rings (SSSR count). The van der Waals surface area contributed by atoms with Crippen molar-refractivity contribution in [1.29, 1.82) is 0 Å². The maximum Gasteiger partial charge on any atom is 1.00 e. The molecule has 8 aromatic rings. The number of carbonyl (C=O) groups is 8. The summed E-state index contributed by atoms with van der Waals surface area (Å²) in [6, 6.07) is 25.2. The van der Waals surface area contributed by atoms with Crippen molar-refractivity contribution in [2.24, 2.45) is 35.2 Å². The van der Waals surface area contributed by atoms with Gasteiger partial charge in [-0.05, 0) is 310 Å². The minimum absolute atomic E-state index is 0. The summed E-state index contributed by atoms with van der Waals surface area (Å²) < 4.78 is 29.9. The first-order valence-corrected chi connectivity index (χ1v) is 59.4. The molecule has 0 unspecified atom stereocenters. The summed E-state index contributed by atoms with van der Waals surface area (Å²) in [5.74, 6) is 9.58. The van der Waals surface area contributed by atoms with E-state index in [1.165, 1.54) is 74.7 Å². The number of nitrogens with two attached hydrogens (primary N) is 3. The number of benzene rings is 2. The first-order valence-electron chi connectivity index (χ1n) is 41.2. The van der Waals surface area contributed by atoms with Crippen molar-refractivity contribution in [2.75, 3.05) is 33.9 Å². The third-order valence-corrected chi connectivity index (χ3v) is 19.4. The SMILES string of the molecule is Brc1cncc(CNCC2CCCC2)c1.C.C.C.C.C.CC(C)(C)OC(=O)N(Cc1cncc(Br)c1)CC1CCCC1.CC(C)(C)OC(=O)OC(=O)OC(C)(C)C.CCO.CO.COc1cncc(Br)c1.NCc1cncc(Br)c1.NN.O=C1NC(=O)c2ccccc21.O=C1c2ccccc2C(=O)N1Cc1cncc(Br)c1.O=CC1CCCC1.OCc1cncc(Br)c1.[B].[CH2-]CC.[H-].[I][V]([I])[I].[Na+]. The van der Waals surface area contributed by atoms with Gasteiger partial charge in [0.05, 0.1) is 55.3 Å². The van der Waals surface area contributed by atoms with Crippen molar-refractivity contribution in [2.45, 2.75) is 246 Å². The molecule has 2 aliphatic heterocycles. The molecule has 11 N–H and O–H groups in total. The minimum Gasteiger partial charge on any atom is 1.00 e. The molecule has 3 radical (unpaired) electrons. The predicted octanol–water partition coefficient (Wildman–Crippen LogP) is 22.1. The average Bonchev–Trinajstić information content (AvgIpc) is 1.63. The molecule has 0 bridgehead atoms. The fourth-order valence-electron chi connectivity index (χ4n) is 11.5. The van der Waals surface area contributed by atoms with Gasteiger partial charge in [0.25, 0.3) is 23.6 Å². The minimum atomic E-state index is -1.06. The Bertz CT molecular complexity index is 4410. The summed E-state index contributed by atoms with van der Waals surface area (Å²) in [5, 5.41) is 28.9. The zero-order valence-electron chi connectivity index (χ0n) is 78.3. The summed E-state index contributed by atoms with van der Waals surface area (Å²) in [6.45, 7) is 27.4. The number of halogens is 9. The first-order chi connectivity index (χ1) is 61.6. The Kier molecular flexibility index (Phi) is 92.7. The quantitative estimate of drug-likeness (QED) is 0.00479. The Labute approximate surface area is 929 Å². The van der Waals surface area contributed by atoms with Crippen molar-refractivity contribution < 1.29 is 113 Å². The van der Waals surface area contributed by atoms with Gasteiger partial charge >= 0.3 is 113 Å². The Morgan fingerprint density at radius 3 is 1.20 bits per heavy atom. The van der Waals surface area contributed by atoms with Crippen LogP contribution >= 0.6 is 156 Å². The van der Waals surface area contributed by atoms with Gasteiger partial charge in [-0.3, -0.25) is 71.0 Å². The normalized spacial score (nSPS) is 12.4. The largest absolute Gasteiger partial charge is 1.00 e. The fourth-order valence-corrected chi connectivity index (χ4v) is 13.9. The van der Waals surface area contributed by atoms with Crippen LogP contribution in [-0.4, -0.2) is 162 Å². The average molecular weight is 2680 g/mol. The number of fused-ring (bicyclic) bond motifs is 2. The number of aldehydes is 1. The molecule has 41 heteroatoms. The van der Waals surface area contributed by atoms with Gasteiger partial charge in [0, 0.05) is 143 Å². The number of ether oxygens (including phenoxy) is 5. The molecular formula is C96H145BBr6I3N13NaO16V-. The second-order valence-electron chi connectivity index (χ2n) is 31.0. The van der Waals surface area contributed by atoms with Crippen LogP contribution in [0.3, 0.4) is 0 Å². The second kappa shape index (κ2) is 85.9. The van der Waals surface area contributed by atoms with E-state index in [0.29, 0.717) is 47.2 Å². The third-order valence-electron chi connectivity index (χ3n) is 16.8. The van der Waals surface area contributed by atoms with E-state index in [1.807, 2.05) is 75.3 Å². The molecule has 763 valence electrons. The molecule has 5 aliphatic rings. The number of methoxy groups -OCH3 is 1. The van der Waals surface area contributed by atoms with Crippen LogP contribution in [0.15, 0.2) is 186 Å². The molecule has 5 amide bonds. The predicted molar refractivity (Wildman–Crippen MR) is 592 cm³/mol. The number of aliphatic hydroxyl groups is 3. The van der Waals surface area contributed by atoms with Crippen molar-refractivity contribution >= 4 is 212 Å². The number of amides is 5. The van der Waals surface area contributed by atoms with E-state index in [4.69, 9.17) is 40.0 Å². The van der Waals surface area contributed by atoms with Crippen LogP contribution in [-0.2, 0) is 61.4 Å². The number of hydrazine groups is 1. The first kappa shape index (κ1) is 148. The van der Waals surface area contributed by atoms with Gasteiger partial charge in [-0.1, -0.05) is 107 Å². The molecule has 8 heterocycles. The van der Waals surface area contributed by atoms with E-state index in [-0.39, 0.29) is 131 Å². The monoisotopic (exact) mass is 2680 g/mol. The summed E-state index contributed by atoms with van der Waals surface area (Å²) in [4.78, 5) is 118. The fraction of sp³-hybridized carbons (Fsp3) is 0.469. The molecule has 2 aromatic carbocycles. The molecule has 137 heavy (non-hydrogen) atoms. The maximum atomic E-state index is 12.5. The smallest absolute Gasteiger partial charge is 1.00 e. The van der Waals surface area contributed by atoms with Gasteiger partial charge in [0.1, 0.15) is 28.8 Å². The Morgan fingerprint density at radius 1 is 0.547 bits per heavy atom. The van der Waals surface area contributed by atoms with Crippen LogP contribution in [0.2, 0.25) is 0 Å². The van der Waals surface area contributed by atoms with E-state index in [2.05, 4.69) is 225 Å². The summed E-state index contributed by atoms with van der Waals surface area (Å²) in [7, 11) is 2.61. The summed E-state index contributed by atoms with van der Waals surface area (Å²) >= 11 is 27.3. The number of rotatable bonds is 14. The van der Waals surface area contributed by atoms with Crippen LogP contribution in [0.1, 0.15) is 267 Å². The Morgan fingerprint density at radius 2 is 0.869 bits per heavy atom. The molecular weight excluding hydrogens is 2540 g/mol. The maximum absolute atomic E-state index is 12.5. The topological polar surface area (TPSA) is 429 Å². The summed E-state index contributed by atoms with van der Waals surface area (Å²) in [6.07, 6.45) is 35.9. The molecule has 29 nitrogen and oxygen atoms in total. The molecule has 3 aliphatic carbocycles. The van der Waals surface area contributed by atoms with Gasteiger partial charge < -0.3 is 68.1 Å². The number of aliphatic hydroxyl groups excluding tert-OH is 3. The van der Waals surface area contributed by atoms with Crippen LogP contribution < -0.4 is 62.3 Å². The molecule has 0 atom stereocenters. The van der Waals surface area contributed by atoms with Gasteiger partial charge in [0.2, 0.25) is 0 Å². The van der Waals surface area contributed by atoms with Crippen LogP contribution in [0.5, 0.6) is 5.75 Å². The van der Waals surface area contributed by atoms with Crippen molar-refractivity contribution in [3.8, 4) is 5.75 Å². The van der Waals surface area contributed by atoms with Crippen molar-refractivity contribution in [1.82, 2.24) is 50.3 Å². The molecule has 0 spiro atoms. The number of aromatic nitrogens is 6. The molecule has 0 saturated heterocycles. The van der Waals surface area contributed by atoms with E-state index in [1.54, 1.807) is 166 Å². The van der Waals surface area contributed by atoms with Gasteiger partial charge in [-0.2, -0.15) is 6.42 Å². The van der Waals surface area contributed by atoms with Crippen molar-refractivity contribution in [3.63, 3.8) is 0 Å². The zero-order chi connectivity index (χ0) is 98.4. The molecule has 6 aromatic heterocycles. The molecule has 3 saturated carbocycles. The van der Waals surface area contributed by atoms with Crippen LogP contribution in [0.25, 0.3) is 0 Å². The van der Waals surface area contributed by atoms with Gasteiger partial charge in [0.15, 0.2) is 0 Å². The number of nitrogens with zero attached hydrogens (tertiary/aromatic N) is 8. The van der Waals surface area contributed by atoms with Crippen LogP contribution in [0.4, 0.5) is 14.4 Å². The number of carbonyl (C=O) groups excluding carboxylic acids is 8. The van der Waals surface area contributed by atoms with Gasteiger partial charge in [-0.15, -0.1) is 0 Å². The standard InChI is InChI=1S/C17H25BrN2O2.C14H9BrN2O2.C12H17BrN2.C10H18O5.C8H5NO2.C6H7BrN2.2C6H6BrNO.C6H10O.C3H7.C2H6O.CH4O.5CH4.B.3HI.H4N2.Na.V.H/c1-17(2,3)22-16(21)20(11-13-6-4-5-7-13)12-14-8-15(18)10-19-9-14;15-10-5-9(6-16-7-10)8-17-13(18)11-3-1-2-4-12(11)14(17)19;13-12-5-11(8-15-9-12)7-14-6-10-3-1-2-4-10;1-9(2,3)14-7(11)13-8(12)15-10(4,5)6;10-7-5-3-1-2-4-6(5)8(11)9-7;7-6-1-5(2-8)3-9-4-6;1-9-6-2-5(7)3-8-4-6;7-6-1-5(4-9)2-8-3-6;7-5-6-3-1-2-4-6;1-3-2;1-2-3;1-2;;;;;;;;;;1-2;;;/h8-10,13H,4-7,11-12H2,1-3H3;1-7H,8H2;5,8-10,14H,1-4,6-7H2;1-6H3;1-4H,(H,9,10,11);1,3-4H,2,8H2;2-4H,1H3;1-3,9H,4H2;5-6H,1-4H2;1,3H2,2H3;3H,2H2,1H3;2H,1H3;5*1H4;;3*1H;1-2H2;;;/q;;;;;;;;;-1;;;;;;;;;;;;;+1;+3;-1/p-3. The Balaban J connectivity index is -0.000000192.